The molecular weight excluding hydrogens is 266 g/mol. The van der Waals surface area contributed by atoms with E-state index >= 15 is 0 Å². The van der Waals surface area contributed by atoms with E-state index in [-0.39, 0.29) is 22.8 Å². The number of rotatable bonds is 3. The summed E-state index contributed by atoms with van der Waals surface area (Å²) in [6, 6.07) is 0.463. The van der Waals surface area contributed by atoms with Crippen LogP contribution in [0.1, 0.15) is 19.8 Å². The molecule has 3 heterocycles. The molecule has 3 rings (SSSR count). The smallest absolute Gasteiger partial charge is 0.359 e. The van der Waals surface area contributed by atoms with Crippen LogP contribution in [0.5, 0.6) is 0 Å². The van der Waals surface area contributed by atoms with Crippen molar-refractivity contribution in [2.45, 2.75) is 31.8 Å². The van der Waals surface area contributed by atoms with Crippen LogP contribution in [0.4, 0.5) is 11.6 Å². The molecule has 0 aliphatic carbocycles. The highest BCUT2D eigenvalue weighted by molar-refractivity contribution is 7.15. The summed E-state index contributed by atoms with van der Waals surface area (Å²) in [5.41, 5.74) is 0. The van der Waals surface area contributed by atoms with Crippen LogP contribution in [0, 0.1) is 10.1 Å². The summed E-state index contributed by atoms with van der Waals surface area (Å²) in [7, 11) is 0. The van der Waals surface area contributed by atoms with Gasteiger partial charge in [-0.3, -0.25) is 0 Å². The standard InChI is InChI=1S/C11H15N5O2S/c1-7-8(3-2-4-12-7)13-9-10(16(17)18)15-5-6-19-11(15)14-9/h5-8,12-13H,2-4H2,1H3. The molecule has 0 radical (unpaired) electrons. The quantitative estimate of drug-likeness (QED) is 0.662. The van der Waals surface area contributed by atoms with Gasteiger partial charge in [-0.2, -0.15) is 9.38 Å². The largest absolute Gasteiger partial charge is 0.372 e. The predicted octanol–water partition coefficient (Wildman–Crippen LogP) is 1.86. The van der Waals surface area contributed by atoms with Crippen LogP contribution < -0.4 is 10.6 Å². The van der Waals surface area contributed by atoms with Gasteiger partial charge in [0.15, 0.2) is 0 Å². The minimum absolute atomic E-state index is 0.0222. The molecule has 0 saturated carbocycles. The molecule has 1 aliphatic rings. The Balaban J connectivity index is 1.93. The normalized spacial score (nSPS) is 23.6. The van der Waals surface area contributed by atoms with Gasteiger partial charge in [-0.15, -0.1) is 0 Å². The van der Waals surface area contributed by atoms with Crippen molar-refractivity contribution in [3.8, 4) is 0 Å². The third kappa shape index (κ3) is 2.17. The molecule has 7 nitrogen and oxygen atoms in total. The van der Waals surface area contributed by atoms with Crippen molar-refractivity contribution in [1.29, 1.82) is 0 Å². The Hall–Kier alpha value is -1.67. The van der Waals surface area contributed by atoms with Crippen molar-refractivity contribution in [3.63, 3.8) is 0 Å². The zero-order valence-corrected chi connectivity index (χ0v) is 11.3. The molecule has 102 valence electrons. The first-order valence-electron chi connectivity index (χ1n) is 6.26. The topological polar surface area (TPSA) is 84.5 Å². The summed E-state index contributed by atoms with van der Waals surface area (Å²) in [5, 5.41) is 19.6. The van der Waals surface area contributed by atoms with Crippen LogP contribution in [-0.2, 0) is 0 Å². The van der Waals surface area contributed by atoms with Gasteiger partial charge >= 0.3 is 5.82 Å². The molecule has 0 amide bonds. The molecular formula is C11H15N5O2S. The number of imidazole rings is 1. The molecule has 2 aromatic heterocycles. The average Bonchev–Trinajstić information content (AvgIpc) is 2.91. The van der Waals surface area contributed by atoms with Crippen LogP contribution in [0.2, 0.25) is 0 Å². The van der Waals surface area contributed by atoms with E-state index in [1.54, 1.807) is 11.6 Å². The molecule has 1 aliphatic heterocycles. The summed E-state index contributed by atoms with van der Waals surface area (Å²) in [4.78, 5) is 15.8. The minimum atomic E-state index is -0.379. The second-order valence-corrected chi connectivity index (χ2v) is 5.61. The van der Waals surface area contributed by atoms with Gasteiger partial charge in [0.25, 0.3) is 4.96 Å². The fraction of sp³-hybridized carbons (Fsp3) is 0.545. The fourth-order valence-corrected chi connectivity index (χ4v) is 3.17. The first-order chi connectivity index (χ1) is 9.16. The monoisotopic (exact) mass is 281 g/mol. The number of nitrogens with one attached hydrogen (secondary N) is 2. The number of nitrogens with zero attached hydrogens (tertiary/aromatic N) is 3. The average molecular weight is 281 g/mol. The van der Waals surface area contributed by atoms with Crippen LogP contribution in [0.25, 0.3) is 4.96 Å². The Labute approximate surface area is 113 Å². The lowest BCUT2D eigenvalue weighted by atomic mass is 10.00. The van der Waals surface area contributed by atoms with Gasteiger partial charge in [-0.05, 0) is 31.2 Å². The van der Waals surface area contributed by atoms with Gasteiger partial charge in [-0.1, -0.05) is 11.3 Å². The lowest BCUT2D eigenvalue weighted by molar-refractivity contribution is -0.389. The number of aromatic nitrogens is 2. The number of hydrogen-bond donors (Lipinski definition) is 2. The first-order valence-corrected chi connectivity index (χ1v) is 7.14. The molecule has 1 fully saturated rings. The lowest BCUT2D eigenvalue weighted by Gasteiger charge is -2.30. The summed E-state index contributed by atoms with van der Waals surface area (Å²) >= 11 is 1.39. The Morgan fingerprint density at radius 1 is 1.68 bits per heavy atom. The third-order valence-corrected chi connectivity index (χ3v) is 4.25. The number of fused-ring (bicyclic) bond motifs is 1. The molecule has 1 saturated heterocycles. The highest BCUT2D eigenvalue weighted by atomic mass is 32.1. The van der Waals surface area contributed by atoms with Crippen molar-refractivity contribution in [2.24, 2.45) is 0 Å². The van der Waals surface area contributed by atoms with Gasteiger partial charge < -0.3 is 20.7 Å². The summed E-state index contributed by atoms with van der Waals surface area (Å²) in [5.74, 6) is 0.395. The van der Waals surface area contributed by atoms with Crippen LogP contribution >= 0.6 is 11.3 Å². The first kappa shape index (κ1) is 12.4. The van der Waals surface area contributed by atoms with E-state index < -0.39 is 0 Å². The van der Waals surface area contributed by atoms with E-state index in [9.17, 15) is 10.1 Å². The van der Waals surface area contributed by atoms with E-state index in [4.69, 9.17) is 0 Å². The van der Waals surface area contributed by atoms with Crippen LogP contribution in [0.15, 0.2) is 11.6 Å². The molecule has 0 aromatic carbocycles. The number of nitro groups is 1. The maximum atomic E-state index is 11.2. The van der Waals surface area contributed by atoms with Crippen molar-refractivity contribution < 1.29 is 4.92 Å². The maximum absolute atomic E-state index is 11.2. The van der Waals surface area contributed by atoms with Gasteiger partial charge in [-0.25, -0.2) is 0 Å². The number of anilines is 1. The van der Waals surface area contributed by atoms with E-state index in [0.29, 0.717) is 10.8 Å². The highest BCUT2D eigenvalue weighted by Crippen LogP contribution is 2.29. The zero-order valence-electron chi connectivity index (χ0n) is 10.5. The Morgan fingerprint density at radius 3 is 3.26 bits per heavy atom. The molecule has 2 atom stereocenters. The Morgan fingerprint density at radius 2 is 2.53 bits per heavy atom. The second kappa shape index (κ2) is 4.78. The molecule has 8 heteroatoms. The fourth-order valence-electron chi connectivity index (χ4n) is 2.46. The summed E-state index contributed by atoms with van der Waals surface area (Å²) in [6.07, 6.45) is 3.74. The second-order valence-electron chi connectivity index (χ2n) is 4.73. The van der Waals surface area contributed by atoms with E-state index in [0.717, 1.165) is 19.4 Å². The molecule has 2 aromatic rings. The van der Waals surface area contributed by atoms with Gasteiger partial charge in [0.1, 0.15) is 6.20 Å². The predicted molar refractivity (Wildman–Crippen MR) is 73.8 cm³/mol. The van der Waals surface area contributed by atoms with Gasteiger partial charge in [0.05, 0.1) is 0 Å². The number of hydrogen-bond acceptors (Lipinski definition) is 6. The third-order valence-electron chi connectivity index (χ3n) is 3.49. The van der Waals surface area contributed by atoms with E-state index in [1.807, 2.05) is 0 Å². The van der Waals surface area contributed by atoms with Crippen LogP contribution in [-0.4, -0.2) is 32.9 Å². The molecule has 0 bridgehead atoms. The molecule has 19 heavy (non-hydrogen) atoms. The van der Waals surface area contributed by atoms with E-state index in [2.05, 4.69) is 22.5 Å². The van der Waals surface area contributed by atoms with Crippen molar-refractivity contribution in [3.05, 3.63) is 21.7 Å². The van der Waals surface area contributed by atoms with Crippen LogP contribution in [0.3, 0.4) is 0 Å². The summed E-state index contributed by atoms with van der Waals surface area (Å²) < 4.78 is 1.52. The maximum Gasteiger partial charge on any atom is 0.372 e. The van der Waals surface area contributed by atoms with Gasteiger partial charge in [0.2, 0.25) is 5.82 Å². The SMILES string of the molecule is CC1NCCCC1Nc1nc2sccn2c1[N+](=O)[O-]. The van der Waals surface area contributed by atoms with Crippen molar-refractivity contribution in [2.75, 3.05) is 11.9 Å². The molecule has 0 spiro atoms. The number of thiazole rings is 1. The Kier molecular flexibility index (Phi) is 3.11. The zero-order chi connectivity index (χ0) is 13.4. The lowest BCUT2D eigenvalue weighted by Crippen LogP contribution is -2.46. The van der Waals surface area contributed by atoms with Crippen molar-refractivity contribution >= 4 is 27.9 Å². The summed E-state index contributed by atoms with van der Waals surface area (Å²) in [6.45, 7) is 3.08. The molecule has 2 unspecified atom stereocenters. The Bertz CT molecular complexity index is 607. The number of piperidine rings is 1. The van der Waals surface area contributed by atoms with Gasteiger partial charge in [0, 0.05) is 17.5 Å². The molecule has 2 N–H and O–H groups in total. The van der Waals surface area contributed by atoms with Crippen molar-refractivity contribution in [1.82, 2.24) is 14.7 Å². The minimum Gasteiger partial charge on any atom is -0.359 e. The highest BCUT2D eigenvalue weighted by Gasteiger charge is 2.28. The van der Waals surface area contributed by atoms with E-state index in [1.165, 1.54) is 15.7 Å².